The first-order valence-electron chi connectivity index (χ1n) is 6.09. The number of phenolic OH excluding ortho intramolecular Hbond substituents is 1. The van der Waals surface area contributed by atoms with Crippen LogP contribution in [0, 0.1) is 0 Å². The molecular formula is C15H19NO2P2. The maximum atomic E-state index is 11.1. The summed E-state index contributed by atoms with van der Waals surface area (Å²) in [5, 5.41) is 20.4. The molecule has 5 heteroatoms. The monoisotopic (exact) mass is 307 g/mol. The summed E-state index contributed by atoms with van der Waals surface area (Å²) in [5.74, 6) is 0.287. The van der Waals surface area contributed by atoms with Crippen LogP contribution in [0.5, 0.6) is 11.5 Å². The minimum Gasteiger partial charge on any atom is -0.872 e. The summed E-state index contributed by atoms with van der Waals surface area (Å²) in [6, 6.07) is 14.0. The number of aromatic hydroxyl groups is 1. The second kappa shape index (κ2) is 7.38. The summed E-state index contributed by atoms with van der Waals surface area (Å²) in [4.78, 5) is 0. The summed E-state index contributed by atoms with van der Waals surface area (Å²) in [6.07, 6.45) is 0. The summed E-state index contributed by atoms with van der Waals surface area (Å²) in [7, 11) is 4.33. The molecule has 0 saturated heterocycles. The molecule has 0 aliphatic carbocycles. The van der Waals surface area contributed by atoms with Crippen LogP contribution in [0.25, 0.3) is 0 Å². The third-order valence-corrected chi connectivity index (χ3v) is 3.16. The normalized spacial score (nSPS) is 10.3. The van der Waals surface area contributed by atoms with E-state index in [1.54, 1.807) is 24.3 Å². The summed E-state index contributed by atoms with van der Waals surface area (Å²) in [6.45, 7) is 4.19. The largest absolute Gasteiger partial charge is 0.872 e. The zero-order valence-electron chi connectivity index (χ0n) is 11.6. The zero-order valence-corrected chi connectivity index (χ0v) is 13.9. The Morgan fingerprint density at radius 3 is 1.75 bits per heavy atom. The number of benzene rings is 2. The molecule has 1 N–H and O–H groups in total. The van der Waals surface area contributed by atoms with Gasteiger partial charge >= 0.3 is 0 Å². The first-order chi connectivity index (χ1) is 9.41. The Balaban J connectivity index is 0.000000612. The van der Waals surface area contributed by atoms with E-state index in [0.29, 0.717) is 0 Å². The van der Waals surface area contributed by atoms with Gasteiger partial charge in [0.15, 0.2) is 9.03 Å². The molecule has 0 amide bonds. The van der Waals surface area contributed by atoms with Gasteiger partial charge in [0.25, 0.3) is 0 Å². The van der Waals surface area contributed by atoms with E-state index in [1.807, 2.05) is 24.3 Å². The molecule has 0 heterocycles. The Morgan fingerprint density at radius 1 is 1.00 bits per heavy atom. The first kappa shape index (κ1) is 16.6. The van der Waals surface area contributed by atoms with Crippen molar-refractivity contribution in [2.75, 3.05) is 0 Å². The standard InChI is InChI=1S/C15H16O2.H3NP2/c1-15(2,11-3-7-13(16)8-4-11)12-5-9-14(17)10-6-12;2-1-3/h3-10,16-17H,1-2H3;2H,3H2. The molecule has 0 aliphatic rings. The van der Waals surface area contributed by atoms with Crippen molar-refractivity contribution in [1.82, 2.24) is 0 Å². The number of hydrogen-bond acceptors (Lipinski definition) is 3. The first-order valence-corrected chi connectivity index (χ1v) is 7.12. The quantitative estimate of drug-likeness (QED) is 0.861. The van der Waals surface area contributed by atoms with Crippen molar-refractivity contribution in [3.8, 4) is 11.5 Å². The molecule has 20 heavy (non-hydrogen) atoms. The van der Waals surface area contributed by atoms with E-state index in [9.17, 15) is 10.2 Å². The highest BCUT2D eigenvalue weighted by molar-refractivity contribution is 7.23. The minimum atomic E-state index is -0.179. The highest BCUT2D eigenvalue weighted by Gasteiger charge is 2.22. The molecule has 2 aromatic rings. The van der Waals surface area contributed by atoms with E-state index in [-0.39, 0.29) is 16.9 Å². The molecule has 0 fully saturated rings. The van der Waals surface area contributed by atoms with Gasteiger partial charge in [-0.25, -0.2) is 0 Å². The lowest BCUT2D eigenvalue weighted by atomic mass is 9.78. The maximum Gasteiger partial charge on any atom is 0.174 e. The third-order valence-electron chi connectivity index (χ3n) is 3.16. The van der Waals surface area contributed by atoms with Crippen molar-refractivity contribution in [3.63, 3.8) is 0 Å². The van der Waals surface area contributed by atoms with Crippen molar-refractivity contribution in [2.24, 2.45) is 4.52 Å². The van der Waals surface area contributed by atoms with Gasteiger partial charge in [-0.3, -0.25) is 0 Å². The highest BCUT2D eigenvalue weighted by atomic mass is 31.1. The van der Waals surface area contributed by atoms with Crippen LogP contribution < -0.4 is 5.11 Å². The summed E-state index contributed by atoms with van der Waals surface area (Å²) < 4.78 is 3.33. The van der Waals surface area contributed by atoms with Crippen LogP contribution >= 0.6 is 18.4 Å². The lowest BCUT2D eigenvalue weighted by Gasteiger charge is -2.26. The van der Waals surface area contributed by atoms with E-state index in [2.05, 4.69) is 36.8 Å². The lowest BCUT2D eigenvalue weighted by molar-refractivity contribution is -0.268. The Kier molecular flexibility index (Phi) is 6.13. The smallest absolute Gasteiger partial charge is 0.174 e. The molecule has 2 atom stereocenters. The van der Waals surface area contributed by atoms with E-state index >= 15 is 0 Å². The van der Waals surface area contributed by atoms with Crippen molar-refractivity contribution >= 4 is 18.4 Å². The molecule has 3 nitrogen and oxygen atoms in total. The average molecular weight is 307 g/mol. The number of rotatable bonds is 2. The Hall–Kier alpha value is -1.43. The molecule has 0 spiro atoms. The summed E-state index contributed by atoms with van der Waals surface area (Å²) >= 11 is 0. The minimum absolute atomic E-state index is 0.0234. The van der Waals surface area contributed by atoms with Gasteiger partial charge in [-0.05, 0) is 23.3 Å². The van der Waals surface area contributed by atoms with Crippen molar-refractivity contribution in [1.29, 1.82) is 0 Å². The van der Waals surface area contributed by atoms with Crippen LogP contribution in [-0.2, 0) is 5.41 Å². The second-order valence-corrected chi connectivity index (χ2v) is 6.04. The van der Waals surface area contributed by atoms with Gasteiger partial charge in [-0.15, -0.1) is 10.3 Å². The Labute approximate surface area is 124 Å². The zero-order chi connectivity index (χ0) is 15.2. The van der Waals surface area contributed by atoms with Gasteiger partial charge in [0.2, 0.25) is 0 Å². The van der Waals surface area contributed by atoms with Gasteiger partial charge in [0.05, 0.1) is 0 Å². The van der Waals surface area contributed by atoms with Crippen LogP contribution in [0.1, 0.15) is 25.0 Å². The Morgan fingerprint density at radius 2 is 1.35 bits per heavy atom. The molecule has 0 radical (unpaired) electrons. The molecule has 0 aromatic heterocycles. The average Bonchev–Trinajstić information content (AvgIpc) is 2.40. The molecule has 106 valence electrons. The molecule has 0 saturated carbocycles. The van der Waals surface area contributed by atoms with Crippen molar-refractivity contribution in [3.05, 3.63) is 59.7 Å². The lowest BCUT2D eigenvalue weighted by Crippen LogP contribution is -2.18. The fourth-order valence-corrected chi connectivity index (χ4v) is 1.92. The molecular weight excluding hydrogens is 288 g/mol. The topological polar surface area (TPSA) is 55.6 Å². The predicted octanol–water partition coefficient (Wildman–Crippen LogP) is 3.63. The van der Waals surface area contributed by atoms with Crippen LogP contribution in [-0.4, -0.2) is 5.11 Å². The van der Waals surface area contributed by atoms with Crippen LogP contribution in [0.15, 0.2) is 53.0 Å². The highest BCUT2D eigenvalue weighted by Crippen LogP contribution is 2.32. The molecule has 2 rings (SSSR count). The Bertz CT molecular complexity index is 504. The van der Waals surface area contributed by atoms with E-state index < -0.39 is 0 Å². The maximum absolute atomic E-state index is 11.1. The van der Waals surface area contributed by atoms with Gasteiger partial charge in [0.1, 0.15) is 5.75 Å². The number of nitrogens with zero attached hydrogens (tertiary/aromatic N) is 1. The van der Waals surface area contributed by atoms with Crippen LogP contribution in [0.4, 0.5) is 0 Å². The van der Waals surface area contributed by atoms with Crippen molar-refractivity contribution < 1.29 is 10.2 Å². The number of phenols is 1. The van der Waals surface area contributed by atoms with E-state index in [0.717, 1.165) is 11.1 Å². The van der Waals surface area contributed by atoms with Gasteiger partial charge in [0, 0.05) is 14.8 Å². The van der Waals surface area contributed by atoms with Crippen LogP contribution in [0.3, 0.4) is 0 Å². The molecule has 2 aromatic carbocycles. The molecule has 2 unspecified atom stereocenters. The van der Waals surface area contributed by atoms with Gasteiger partial charge in [-0.2, -0.15) is 0 Å². The molecule has 0 bridgehead atoms. The fraction of sp³-hybridized carbons (Fsp3) is 0.200. The fourth-order valence-electron chi connectivity index (χ4n) is 1.92. The van der Waals surface area contributed by atoms with Gasteiger partial charge in [-0.1, -0.05) is 50.2 Å². The number of hydrogen-bond donors (Lipinski definition) is 1. The van der Waals surface area contributed by atoms with E-state index in [4.69, 9.17) is 0 Å². The molecule has 0 aliphatic heterocycles. The predicted molar refractivity (Wildman–Crippen MR) is 88.0 cm³/mol. The van der Waals surface area contributed by atoms with Gasteiger partial charge < -0.3 is 10.2 Å². The second-order valence-electron chi connectivity index (χ2n) is 4.85. The SMILES string of the molecule is CC(C)(c1ccc([O-])cc1)c1ccc(O)cc1.PN=[PH2+]. The van der Waals surface area contributed by atoms with E-state index in [1.165, 1.54) is 0 Å². The third kappa shape index (κ3) is 4.30. The van der Waals surface area contributed by atoms with Crippen molar-refractivity contribution in [2.45, 2.75) is 19.3 Å². The summed E-state index contributed by atoms with van der Waals surface area (Å²) in [5.41, 5.74) is 2.01. The van der Waals surface area contributed by atoms with Crippen LogP contribution in [0.2, 0.25) is 0 Å².